The highest BCUT2D eigenvalue weighted by atomic mass is 16.5. The Kier molecular flexibility index (Phi) is 5.81. The van der Waals surface area contributed by atoms with Gasteiger partial charge in [0.1, 0.15) is 0 Å². The summed E-state index contributed by atoms with van der Waals surface area (Å²) in [6, 6.07) is 0.484. The predicted molar refractivity (Wildman–Crippen MR) is 79.7 cm³/mol. The second kappa shape index (κ2) is 7.38. The lowest BCUT2D eigenvalue weighted by Gasteiger charge is -2.31. The number of hydrogen-bond acceptors (Lipinski definition) is 4. The van der Waals surface area contributed by atoms with Crippen molar-refractivity contribution in [1.82, 2.24) is 15.1 Å². The second-order valence-corrected chi connectivity index (χ2v) is 6.20. The summed E-state index contributed by atoms with van der Waals surface area (Å²) in [6.07, 6.45) is 2.15. The van der Waals surface area contributed by atoms with Gasteiger partial charge in [-0.15, -0.1) is 0 Å². The average Bonchev–Trinajstić information content (AvgIpc) is 2.81. The number of ether oxygens (including phenoxy) is 1. The van der Waals surface area contributed by atoms with E-state index in [-0.39, 0.29) is 17.9 Å². The molecule has 3 unspecified atom stereocenters. The highest BCUT2D eigenvalue weighted by Crippen LogP contribution is 2.20. The number of likely N-dealkylation sites (N-methyl/N-ethyl adjacent to an activating group) is 1. The maximum atomic E-state index is 12.8. The number of hydrogen-bond donors (Lipinski definition) is 1. The number of carbonyl (C=O) groups is 1. The molecule has 0 saturated carbocycles. The zero-order chi connectivity index (χ0) is 14.5. The normalized spacial score (nSPS) is 32.4. The molecule has 1 N–H and O–H groups in total. The Labute approximate surface area is 122 Å². The highest BCUT2D eigenvalue weighted by molar-refractivity contribution is 5.80. The molecule has 0 aromatic heterocycles. The van der Waals surface area contributed by atoms with E-state index in [1.807, 2.05) is 0 Å². The summed E-state index contributed by atoms with van der Waals surface area (Å²) in [6.45, 7) is 9.41. The Morgan fingerprint density at radius 1 is 1.35 bits per heavy atom. The van der Waals surface area contributed by atoms with E-state index in [1.54, 1.807) is 0 Å². The van der Waals surface area contributed by atoms with Crippen molar-refractivity contribution in [2.75, 3.05) is 46.4 Å². The van der Waals surface area contributed by atoms with Gasteiger partial charge < -0.3 is 19.9 Å². The summed E-state index contributed by atoms with van der Waals surface area (Å²) in [5.41, 5.74) is 0. The average molecular weight is 283 g/mol. The molecule has 2 heterocycles. The molecule has 2 rings (SSSR count). The third-order valence-corrected chi connectivity index (χ3v) is 4.38. The molecule has 0 aliphatic carbocycles. The Bertz CT molecular complexity index is 324. The lowest BCUT2D eigenvalue weighted by Crippen LogP contribution is -2.50. The van der Waals surface area contributed by atoms with Gasteiger partial charge in [-0.3, -0.25) is 4.79 Å². The molecule has 116 valence electrons. The van der Waals surface area contributed by atoms with Crippen LogP contribution in [-0.2, 0) is 9.53 Å². The molecule has 0 bridgehead atoms. The fraction of sp³-hybridized carbons (Fsp3) is 0.933. The van der Waals surface area contributed by atoms with Crippen molar-refractivity contribution in [3.05, 3.63) is 0 Å². The molecule has 2 fully saturated rings. The van der Waals surface area contributed by atoms with Crippen LogP contribution < -0.4 is 5.32 Å². The van der Waals surface area contributed by atoms with Gasteiger partial charge in [-0.1, -0.05) is 6.92 Å². The first-order valence-corrected chi connectivity index (χ1v) is 7.93. The van der Waals surface area contributed by atoms with Crippen molar-refractivity contribution < 1.29 is 9.53 Å². The van der Waals surface area contributed by atoms with Crippen LogP contribution in [0.2, 0.25) is 0 Å². The third-order valence-electron chi connectivity index (χ3n) is 4.38. The minimum atomic E-state index is -0.00703. The zero-order valence-electron chi connectivity index (χ0n) is 13.1. The fourth-order valence-corrected chi connectivity index (χ4v) is 3.24. The first kappa shape index (κ1) is 15.7. The van der Waals surface area contributed by atoms with Gasteiger partial charge in [-0.05, 0) is 39.9 Å². The van der Waals surface area contributed by atoms with Gasteiger partial charge in [-0.25, -0.2) is 0 Å². The molecular formula is C15H29N3O2. The Balaban J connectivity index is 1.98. The van der Waals surface area contributed by atoms with E-state index in [4.69, 9.17) is 4.74 Å². The molecule has 2 aliphatic rings. The minimum absolute atomic E-state index is 0.00703. The molecule has 1 amide bonds. The van der Waals surface area contributed by atoms with Gasteiger partial charge in [-0.2, -0.15) is 0 Å². The van der Waals surface area contributed by atoms with Crippen LogP contribution in [0.15, 0.2) is 0 Å². The molecule has 2 aliphatic heterocycles. The van der Waals surface area contributed by atoms with Crippen LogP contribution in [0, 0.1) is 5.92 Å². The van der Waals surface area contributed by atoms with Crippen LogP contribution in [-0.4, -0.2) is 74.2 Å². The largest absolute Gasteiger partial charge is 0.379 e. The molecule has 20 heavy (non-hydrogen) atoms. The van der Waals surface area contributed by atoms with Crippen molar-refractivity contribution in [3.63, 3.8) is 0 Å². The van der Waals surface area contributed by atoms with Gasteiger partial charge in [0.25, 0.3) is 0 Å². The van der Waals surface area contributed by atoms with E-state index in [9.17, 15) is 4.79 Å². The molecule has 5 heteroatoms. The fourth-order valence-electron chi connectivity index (χ4n) is 3.24. The van der Waals surface area contributed by atoms with Crippen molar-refractivity contribution in [2.45, 2.75) is 38.8 Å². The minimum Gasteiger partial charge on any atom is -0.379 e. The molecule has 5 nitrogen and oxygen atoms in total. The van der Waals surface area contributed by atoms with Crippen LogP contribution >= 0.6 is 0 Å². The van der Waals surface area contributed by atoms with Crippen LogP contribution in [0.25, 0.3) is 0 Å². The highest BCUT2D eigenvalue weighted by Gasteiger charge is 2.38. The van der Waals surface area contributed by atoms with E-state index >= 15 is 0 Å². The lowest BCUT2D eigenvalue weighted by atomic mass is 10.0. The quantitative estimate of drug-likeness (QED) is 0.818. The molecule has 0 aromatic rings. The Morgan fingerprint density at radius 3 is 2.90 bits per heavy atom. The molecule has 0 radical (unpaired) electrons. The lowest BCUT2D eigenvalue weighted by molar-refractivity contribution is -0.137. The third kappa shape index (κ3) is 3.71. The SMILES string of the molecule is CCCNC1COCC1C(=O)N1CCCN(C)CC1C. The number of nitrogens with one attached hydrogen (secondary N) is 1. The molecule has 3 atom stereocenters. The first-order valence-electron chi connectivity index (χ1n) is 7.93. The summed E-state index contributed by atoms with van der Waals surface area (Å²) >= 11 is 0. The van der Waals surface area contributed by atoms with Crippen LogP contribution in [0.5, 0.6) is 0 Å². The summed E-state index contributed by atoms with van der Waals surface area (Å²) < 4.78 is 5.55. The van der Waals surface area contributed by atoms with Gasteiger partial charge in [0, 0.05) is 25.2 Å². The number of amides is 1. The zero-order valence-corrected chi connectivity index (χ0v) is 13.1. The maximum Gasteiger partial charge on any atom is 0.229 e. The van der Waals surface area contributed by atoms with Gasteiger partial charge in [0.05, 0.1) is 19.1 Å². The smallest absolute Gasteiger partial charge is 0.229 e. The van der Waals surface area contributed by atoms with Crippen LogP contribution in [0.4, 0.5) is 0 Å². The summed E-state index contributed by atoms with van der Waals surface area (Å²) in [5.74, 6) is 0.270. The van der Waals surface area contributed by atoms with E-state index < -0.39 is 0 Å². The number of carbonyl (C=O) groups excluding carboxylic acids is 1. The van der Waals surface area contributed by atoms with Gasteiger partial charge in [0.15, 0.2) is 0 Å². The van der Waals surface area contributed by atoms with Gasteiger partial charge in [0.2, 0.25) is 5.91 Å². The summed E-state index contributed by atoms with van der Waals surface area (Å²) in [4.78, 5) is 17.2. The van der Waals surface area contributed by atoms with Crippen molar-refractivity contribution in [1.29, 1.82) is 0 Å². The summed E-state index contributed by atoms with van der Waals surface area (Å²) in [5, 5.41) is 3.46. The molecule has 0 spiro atoms. The summed E-state index contributed by atoms with van der Waals surface area (Å²) in [7, 11) is 2.13. The van der Waals surface area contributed by atoms with Gasteiger partial charge >= 0.3 is 0 Å². The van der Waals surface area contributed by atoms with Crippen molar-refractivity contribution >= 4 is 5.91 Å². The van der Waals surface area contributed by atoms with E-state index in [2.05, 4.69) is 36.0 Å². The Hall–Kier alpha value is -0.650. The molecule has 2 saturated heterocycles. The van der Waals surface area contributed by atoms with Crippen molar-refractivity contribution in [3.8, 4) is 0 Å². The number of nitrogens with zero attached hydrogens (tertiary/aromatic N) is 2. The Morgan fingerprint density at radius 2 is 2.15 bits per heavy atom. The van der Waals surface area contributed by atoms with Crippen LogP contribution in [0.3, 0.4) is 0 Å². The first-order chi connectivity index (χ1) is 9.63. The maximum absolute atomic E-state index is 12.8. The topological polar surface area (TPSA) is 44.8 Å². The monoisotopic (exact) mass is 283 g/mol. The second-order valence-electron chi connectivity index (χ2n) is 6.20. The van der Waals surface area contributed by atoms with E-state index in [0.29, 0.717) is 19.3 Å². The predicted octanol–water partition coefficient (Wildman–Crippen LogP) is 0.554. The van der Waals surface area contributed by atoms with E-state index in [1.165, 1.54) is 0 Å². The standard InChI is InChI=1S/C15H29N3O2/c1-4-6-16-14-11-20-10-13(14)15(19)18-8-5-7-17(3)9-12(18)2/h12-14,16H,4-11H2,1-3H3. The van der Waals surface area contributed by atoms with Crippen LogP contribution in [0.1, 0.15) is 26.7 Å². The molecule has 0 aromatic carbocycles. The number of rotatable bonds is 4. The molecular weight excluding hydrogens is 254 g/mol. The van der Waals surface area contributed by atoms with Crippen molar-refractivity contribution in [2.24, 2.45) is 5.92 Å². The van der Waals surface area contributed by atoms with E-state index in [0.717, 1.165) is 39.0 Å².